The number of carbonyl (C=O) groups is 2. The van der Waals surface area contributed by atoms with Gasteiger partial charge in [0, 0.05) is 18.2 Å². The van der Waals surface area contributed by atoms with Gasteiger partial charge in [0.1, 0.15) is 18.6 Å². The quantitative estimate of drug-likeness (QED) is 0.851. The van der Waals surface area contributed by atoms with Gasteiger partial charge in [-0.25, -0.2) is 4.39 Å². The summed E-state index contributed by atoms with van der Waals surface area (Å²) in [5, 5.41) is 6.12. The van der Waals surface area contributed by atoms with Crippen molar-refractivity contribution >= 4 is 17.6 Å². The van der Waals surface area contributed by atoms with Gasteiger partial charge in [0.2, 0.25) is 5.91 Å². The summed E-state index contributed by atoms with van der Waals surface area (Å²) in [6, 6.07) is 6.93. The van der Waals surface area contributed by atoms with Gasteiger partial charge in [-0.15, -0.1) is 0 Å². The van der Waals surface area contributed by atoms with Crippen molar-refractivity contribution in [3.8, 4) is 0 Å². The molecule has 122 valence electrons. The predicted molar refractivity (Wildman–Crippen MR) is 82.3 cm³/mol. The Bertz CT molecular complexity index is 658. The Labute approximate surface area is 133 Å². The summed E-state index contributed by atoms with van der Waals surface area (Å²) in [6.07, 6.45) is 2.96. The molecule has 7 heteroatoms. The van der Waals surface area contributed by atoms with E-state index in [0.717, 1.165) is 18.9 Å². The Hall–Kier alpha value is -2.70. The van der Waals surface area contributed by atoms with Gasteiger partial charge in [-0.3, -0.25) is 9.59 Å². The number of hydrogen-bond acceptors (Lipinski definition) is 4. The van der Waals surface area contributed by atoms with Crippen molar-refractivity contribution < 1.29 is 18.5 Å². The van der Waals surface area contributed by atoms with Gasteiger partial charge in [0.15, 0.2) is 5.82 Å². The van der Waals surface area contributed by atoms with Gasteiger partial charge in [0.25, 0.3) is 5.91 Å². The zero-order valence-corrected chi connectivity index (χ0v) is 12.8. The average molecular weight is 319 g/mol. The molecule has 0 atom stereocenters. The number of hydrogen-bond donors (Lipinski definition) is 1. The normalized spacial score (nSPS) is 10.3. The van der Waals surface area contributed by atoms with E-state index < -0.39 is 5.82 Å². The van der Waals surface area contributed by atoms with Crippen LogP contribution in [0.3, 0.4) is 0 Å². The van der Waals surface area contributed by atoms with Crippen molar-refractivity contribution in [1.29, 1.82) is 0 Å². The molecule has 0 fully saturated rings. The number of halogens is 1. The number of amides is 2. The fourth-order valence-corrected chi connectivity index (χ4v) is 2.04. The SMILES string of the molecule is CCCCN(CC(=O)Nc1ccon1)C(=O)c1cccc(F)c1. The fraction of sp³-hybridized carbons (Fsp3) is 0.312. The van der Waals surface area contributed by atoms with Crippen LogP contribution in [-0.2, 0) is 4.79 Å². The van der Waals surface area contributed by atoms with Crippen LogP contribution in [0.15, 0.2) is 41.1 Å². The van der Waals surface area contributed by atoms with Gasteiger partial charge < -0.3 is 14.7 Å². The van der Waals surface area contributed by atoms with E-state index in [4.69, 9.17) is 0 Å². The molecule has 0 saturated carbocycles. The molecule has 0 bridgehead atoms. The molecular weight excluding hydrogens is 301 g/mol. The summed E-state index contributed by atoms with van der Waals surface area (Å²) in [5.41, 5.74) is 0.218. The maximum Gasteiger partial charge on any atom is 0.254 e. The fourth-order valence-electron chi connectivity index (χ4n) is 2.04. The molecule has 0 saturated heterocycles. The molecular formula is C16H18FN3O3. The molecule has 23 heavy (non-hydrogen) atoms. The standard InChI is InChI=1S/C16H18FN3O3/c1-2-3-8-20(11-15(21)18-14-7-9-23-19-14)16(22)12-5-4-6-13(17)10-12/h4-7,9-10H,2-3,8,11H2,1H3,(H,18,19,21). The molecule has 1 aromatic carbocycles. The molecule has 2 aromatic rings. The van der Waals surface area contributed by atoms with Gasteiger partial charge in [0.05, 0.1) is 0 Å². The molecule has 2 amide bonds. The molecule has 0 aliphatic heterocycles. The maximum atomic E-state index is 13.3. The number of anilines is 1. The van der Waals surface area contributed by atoms with E-state index in [2.05, 4.69) is 15.0 Å². The van der Waals surface area contributed by atoms with Crippen LogP contribution in [-0.4, -0.2) is 35.0 Å². The number of aromatic nitrogens is 1. The highest BCUT2D eigenvalue weighted by Crippen LogP contribution is 2.09. The zero-order chi connectivity index (χ0) is 16.7. The second kappa shape index (κ2) is 8.07. The lowest BCUT2D eigenvalue weighted by atomic mass is 10.2. The van der Waals surface area contributed by atoms with E-state index >= 15 is 0 Å². The number of unbranched alkanes of at least 4 members (excludes halogenated alkanes) is 1. The lowest BCUT2D eigenvalue weighted by Gasteiger charge is -2.22. The van der Waals surface area contributed by atoms with Crippen molar-refractivity contribution in [2.45, 2.75) is 19.8 Å². The first-order valence-corrected chi connectivity index (χ1v) is 7.35. The predicted octanol–water partition coefficient (Wildman–Crippen LogP) is 2.69. The summed E-state index contributed by atoms with van der Waals surface area (Å²) < 4.78 is 17.9. The van der Waals surface area contributed by atoms with Crippen molar-refractivity contribution in [2.75, 3.05) is 18.4 Å². The second-order valence-electron chi connectivity index (χ2n) is 5.02. The van der Waals surface area contributed by atoms with Crippen LogP contribution in [0, 0.1) is 5.82 Å². The Kier molecular flexibility index (Phi) is 5.85. The minimum Gasteiger partial charge on any atom is -0.363 e. The van der Waals surface area contributed by atoms with Gasteiger partial charge in [-0.1, -0.05) is 24.6 Å². The van der Waals surface area contributed by atoms with Gasteiger partial charge in [-0.05, 0) is 24.6 Å². The van der Waals surface area contributed by atoms with E-state index in [-0.39, 0.29) is 29.7 Å². The number of carbonyl (C=O) groups excluding carboxylic acids is 2. The molecule has 6 nitrogen and oxygen atoms in total. The highest BCUT2D eigenvalue weighted by atomic mass is 19.1. The minimum absolute atomic E-state index is 0.137. The third-order valence-electron chi connectivity index (χ3n) is 3.18. The number of benzene rings is 1. The van der Waals surface area contributed by atoms with Crippen molar-refractivity contribution in [2.24, 2.45) is 0 Å². The van der Waals surface area contributed by atoms with Gasteiger partial charge >= 0.3 is 0 Å². The summed E-state index contributed by atoms with van der Waals surface area (Å²) >= 11 is 0. The molecule has 1 heterocycles. The van der Waals surface area contributed by atoms with Gasteiger partial charge in [-0.2, -0.15) is 0 Å². The molecule has 1 N–H and O–H groups in total. The van der Waals surface area contributed by atoms with Crippen LogP contribution in [0.2, 0.25) is 0 Å². The molecule has 0 aliphatic carbocycles. The summed E-state index contributed by atoms with van der Waals surface area (Å²) in [4.78, 5) is 25.9. The molecule has 1 aromatic heterocycles. The lowest BCUT2D eigenvalue weighted by Crippen LogP contribution is -2.38. The van der Waals surface area contributed by atoms with E-state index in [1.165, 1.54) is 35.4 Å². The number of nitrogens with one attached hydrogen (secondary N) is 1. The molecule has 2 rings (SSSR count). The molecule has 0 radical (unpaired) electrons. The van der Waals surface area contributed by atoms with Crippen LogP contribution in [0.25, 0.3) is 0 Å². The third-order valence-corrected chi connectivity index (χ3v) is 3.18. The van der Waals surface area contributed by atoms with Crippen LogP contribution >= 0.6 is 0 Å². The van der Waals surface area contributed by atoms with Crippen molar-refractivity contribution in [1.82, 2.24) is 10.1 Å². The maximum absolute atomic E-state index is 13.3. The molecule has 0 spiro atoms. The Balaban J connectivity index is 2.06. The first-order valence-electron chi connectivity index (χ1n) is 7.35. The Morgan fingerprint density at radius 1 is 1.35 bits per heavy atom. The minimum atomic E-state index is -0.488. The van der Waals surface area contributed by atoms with Crippen LogP contribution in [0.5, 0.6) is 0 Å². The first kappa shape index (κ1) is 16.7. The second-order valence-corrected chi connectivity index (χ2v) is 5.02. The lowest BCUT2D eigenvalue weighted by molar-refractivity contribution is -0.116. The van der Waals surface area contributed by atoms with E-state index in [1.807, 2.05) is 6.92 Å². The molecule has 0 aliphatic rings. The number of nitrogens with zero attached hydrogens (tertiary/aromatic N) is 2. The highest BCUT2D eigenvalue weighted by molar-refractivity contribution is 5.99. The van der Waals surface area contributed by atoms with E-state index in [1.54, 1.807) is 0 Å². The molecule has 0 unspecified atom stereocenters. The van der Waals surface area contributed by atoms with E-state index in [9.17, 15) is 14.0 Å². The highest BCUT2D eigenvalue weighted by Gasteiger charge is 2.19. The van der Waals surface area contributed by atoms with E-state index in [0.29, 0.717) is 6.54 Å². The zero-order valence-electron chi connectivity index (χ0n) is 12.8. The monoisotopic (exact) mass is 319 g/mol. The van der Waals surface area contributed by atoms with Crippen molar-refractivity contribution in [3.05, 3.63) is 48.0 Å². The van der Waals surface area contributed by atoms with Crippen molar-refractivity contribution in [3.63, 3.8) is 0 Å². The first-order chi connectivity index (χ1) is 11.1. The summed E-state index contributed by atoms with van der Waals surface area (Å²) in [7, 11) is 0. The summed E-state index contributed by atoms with van der Waals surface area (Å²) in [5.74, 6) is -0.977. The largest absolute Gasteiger partial charge is 0.363 e. The summed E-state index contributed by atoms with van der Waals surface area (Å²) in [6.45, 7) is 2.26. The Morgan fingerprint density at radius 3 is 2.83 bits per heavy atom. The average Bonchev–Trinajstić information content (AvgIpc) is 3.03. The third kappa shape index (κ3) is 4.91. The van der Waals surface area contributed by atoms with Crippen LogP contribution < -0.4 is 5.32 Å². The Morgan fingerprint density at radius 2 is 2.17 bits per heavy atom. The number of rotatable bonds is 7. The van der Waals surface area contributed by atoms with Crippen LogP contribution in [0.4, 0.5) is 10.2 Å². The topological polar surface area (TPSA) is 75.4 Å². The smallest absolute Gasteiger partial charge is 0.254 e. The van der Waals surface area contributed by atoms with Crippen LogP contribution in [0.1, 0.15) is 30.1 Å².